The third-order valence-corrected chi connectivity index (χ3v) is 4.70. The van der Waals surface area contributed by atoms with Gasteiger partial charge in [-0.15, -0.1) is 0 Å². The molecule has 0 atom stereocenters. The molecule has 0 spiro atoms. The van der Waals surface area contributed by atoms with Crippen molar-refractivity contribution in [2.24, 2.45) is 0 Å². The fourth-order valence-electron chi connectivity index (χ4n) is 2.28. The van der Waals surface area contributed by atoms with Gasteiger partial charge in [0.2, 0.25) is 0 Å². The third kappa shape index (κ3) is 5.84. The lowest BCUT2D eigenvalue weighted by Crippen LogP contribution is -2.03. The van der Waals surface area contributed by atoms with Gasteiger partial charge in [0, 0.05) is 18.2 Å². The van der Waals surface area contributed by atoms with Crippen molar-refractivity contribution in [3.63, 3.8) is 0 Å². The summed E-state index contributed by atoms with van der Waals surface area (Å²) in [7, 11) is -2.35. The molecule has 3 rings (SSSR count). The second kappa shape index (κ2) is 9.46. The molecule has 0 aromatic heterocycles. The van der Waals surface area contributed by atoms with Crippen LogP contribution in [-0.2, 0) is 0 Å². The minimum Gasteiger partial charge on any atom is -0.408 e. The molecule has 3 aromatic carbocycles. The molecule has 12 nitrogen and oxygen atoms in total. The maximum Gasteiger partial charge on any atom is 0.530 e. The number of hydrogen-bond acceptors (Lipinski definition) is 9. The fraction of sp³-hybridized carbons (Fsp3) is 0. The second-order valence-corrected chi connectivity index (χ2v) is 6.76. The lowest BCUT2D eigenvalue weighted by atomic mass is 10.3. The highest BCUT2D eigenvalue weighted by Gasteiger charge is 2.23. The van der Waals surface area contributed by atoms with Crippen LogP contribution in [0.3, 0.4) is 0 Å². The second-order valence-electron chi connectivity index (χ2n) is 5.76. The Labute approximate surface area is 175 Å². The summed E-state index contributed by atoms with van der Waals surface area (Å²) in [5.41, 5.74) is -0.713. The van der Waals surface area contributed by atoms with Crippen LogP contribution in [0.1, 0.15) is 0 Å². The Morgan fingerprint density at radius 3 is 1.10 bits per heavy atom. The highest BCUT2D eigenvalue weighted by atomic mass is 31.2. The van der Waals surface area contributed by atoms with Crippen LogP contribution in [-0.4, -0.2) is 14.8 Å². The molecule has 0 amide bonds. The van der Waals surface area contributed by atoms with Crippen LogP contribution in [0.15, 0.2) is 72.8 Å². The van der Waals surface area contributed by atoms with Gasteiger partial charge in [-0.05, 0) is 18.2 Å². The van der Waals surface area contributed by atoms with Gasteiger partial charge in [0.25, 0.3) is 17.1 Å². The van der Waals surface area contributed by atoms with Crippen molar-refractivity contribution in [3.05, 3.63) is 103 Å². The summed E-state index contributed by atoms with van der Waals surface area (Å²) in [6.07, 6.45) is 0. The van der Waals surface area contributed by atoms with Crippen molar-refractivity contribution in [2.75, 3.05) is 0 Å². The maximum atomic E-state index is 11.0. The molecule has 0 aliphatic rings. The van der Waals surface area contributed by atoms with E-state index in [9.17, 15) is 30.3 Å². The molecule has 0 saturated heterocycles. The number of rotatable bonds is 9. The zero-order chi connectivity index (χ0) is 22.4. The van der Waals surface area contributed by atoms with Crippen LogP contribution < -0.4 is 13.6 Å². The average Bonchev–Trinajstić information content (AvgIpc) is 2.74. The predicted octanol–water partition coefficient (Wildman–Crippen LogP) is 5.17. The van der Waals surface area contributed by atoms with Gasteiger partial charge in [0.05, 0.1) is 33.0 Å². The molecule has 158 valence electrons. The van der Waals surface area contributed by atoms with Crippen molar-refractivity contribution in [1.82, 2.24) is 0 Å². The van der Waals surface area contributed by atoms with E-state index < -0.39 is 23.4 Å². The van der Waals surface area contributed by atoms with Crippen molar-refractivity contribution < 1.29 is 28.3 Å². The fourth-order valence-corrected chi connectivity index (χ4v) is 3.24. The first-order valence-corrected chi connectivity index (χ1v) is 9.49. The van der Waals surface area contributed by atoms with Crippen LogP contribution in [0.4, 0.5) is 17.1 Å². The summed E-state index contributed by atoms with van der Waals surface area (Å²) in [4.78, 5) is 31.1. The van der Waals surface area contributed by atoms with Crippen LogP contribution >= 0.6 is 8.60 Å². The van der Waals surface area contributed by atoms with Crippen LogP contribution in [0.5, 0.6) is 17.2 Å². The molecule has 0 heterocycles. The summed E-state index contributed by atoms with van der Waals surface area (Å²) in [6, 6.07) is 15.7. The Balaban J connectivity index is 1.89. The normalized spacial score (nSPS) is 10.4. The standard InChI is InChI=1S/C18H12N3O9P/c22-19(23)13-4-1-7-16(10-13)28-31(29-17-8-2-5-14(11-17)20(24)25)30-18-9-3-6-15(12-18)21(26)27/h1-12H. The molecule has 0 unspecified atom stereocenters. The molecular weight excluding hydrogens is 433 g/mol. The summed E-state index contributed by atoms with van der Waals surface area (Å²) >= 11 is 0. The quantitative estimate of drug-likeness (QED) is 0.246. The molecule has 0 radical (unpaired) electrons. The highest BCUT2D eigenvalue weighted by Crippen LogP contribution is 2.43. The van der Waals surface area contributed by atoms with Crippen LogP contribution in [0.25, 0.3) is 0 Å². The molecule has 31 heavy (non-hydrogen) atoms. The first-order chi connectivity index (χ1) is 14.8. The van der Waals surface area contributed by atoms with E-state index in [-0.39, 0.29) is 34.3 Å². The summed E-state index contributed by atoms with van der Waals surface area (Å²) < 4.78 is 16.8. The van der Waals surface area contributed by atoms with Gasteiger partial charge >= 0.3 is 8.60 Å². The van der Waals surface area contributed by atoms with E-state index in [0.29, 0.717) is 0 Å². The lowest BCUT2D eigenvalue weighted by molar-refractivity contribution is -0.385. The van der Waals surface area contributed by atoms with Gasteiger partial charge in [-0.3, -0.25) is 30.3 Å². The summed E-state index contributed by atoms with van der Waals surface area (Å²) in [5.74, 6) is 0.114. The van der Waals surface area contributed by atoms with Crippen molar-refractivity contribution >= 4 is 25.7 Å². The molecule has 0 aliphatic carbocycles. The highest BCUT2D eigenvalue weighted by molar-refractivity contribution is 7.43. The first-order valence-electron chi connectivity index (χ1n) is 8.39. The van der Waals surface area contributed by atoms with E-state index in [1.54, 1.807) is 0 Å². The Morgan fingerprint density at radius 1 is 0.548 bits per heavy atom. The van der Waals surface area contributed by atoms with Gasteiger partial charge in [0.1, 0.15) is 17.2 Å². The maximum absolute atomic E-state index is 11.0. The van der Waals surface area contributed by atoms with E-state index in [1.807, 2.05) is 0 Å². The minimum atomic E-state index is -2.35. The van der Waals surface area contributed by atoms with E-state index in [0.717, 1.165) is 18.2 Å². The molecule has 13 heteroatoms. The number of nitro benzene ring substituents is 3. The number of nitrogens with zero attached hydrogens (tertiary/aromatic N) is 3. The van der Waals surface area contributed by atoms with E-state index in [2.05, 4.69) is 0 Å². The van der Waals surface area contributed by atoms with E-state index in [1.165, 1.54) is 54.6 Å². The van der Waals surface area contributed by atoms with E-state index in [4.69, 9.17) is 13.6 Å². The number of benzene rings is 3. The molecule has 0 aliphatic heterocycles. The predicted molar refractivity (Wildman–Crippen MR) is 108 cm³/mol. The Morgan fingerprint density at radius 2 is 0.839 bits per heavy atom. The largest absolute Gasteiger partial charge is 0.530 e. The number of non-ortho nitro benzene ring substituents is 3. The molecule has 0 N–H and O–H groups in total. The zero-order valence-corrected chi connectivity index (χ0v) is 16.3. The van der Waals surface area contributed by atoms with Gasteiger partial charge in [-0.2, -0.15) is 0 Å². The number of hydrogen-bond donors (Lipinski definition) is 0. The molecule has 3 aromatic rings. The Bertz CT molecular complexity index is 1000. The SMILES string of the molecule is O=[N+]([O-])c1cccc(OP(Oc2cccc([N+](=O)[O-])c2)Oc2cccc([N+](=O)[O-])c2)c1. The zero-order valence-electron chi connectivity index (χ0n) is 15.4. The third-order valence-electron chi connectivity index (χ3n) is 3.63. The summed E-state index contributed by atoms with van der Waals surface area (Å²) in [5, 5.41) is 33.0. The molecule has 0 fully saturated rings. The van der Waals surface area contributed by atoms with Gasteiger partial charge in [-0.1, -0.05) is 18.2 Å². The molecular formula is C18H12N3O9P. The summed E-state index contributed by atoms with van der Waals surface area (Å²) in [6.45, 7) is 0. The molecule has 0 bridgehead atoms. The van der Waals surface area contributed by atoms with E-state index >= 15 is 0 Å². The van der Waals surface area contributed by atoms with Crippen molar-refractivity contribution in [1.29, 1.82) is 0 Å². The van der Waals surface area contributed by atoms with Crippen LogP contribution in [0, 0.1) is 30.3 Å². The first kappa shape index (κ1) is 21.4. The van der Waals surface area contributed by atoms with Gasteiger partial charge < -0.3 is 13.6 Å². The topological polar surface area (TPSA) is 157 Å². The van der Waals surface area contributed by atoms with Crippen molar-refractivity contribution in [3.8, 4) is 17.2 Å². The number of nitro groups is 3. The van der Waals surface area contributed by atoms with Crippen molar-refractivity contribution in [2.45, 2.75) is 0 Å². The van der Waals surface area contributed by atoms with Crippen LogP contribution in [0.2, 0.25) is 0 Å². The smallest absolute Gasteiger partial charge is 0.408 e. The molecule has 0 saturated carbocycles. The average molecular weight is 445 g/mol. The lowest BCUT2D eigenvalue weighted by Gasteiger charge is -2.17. The van der Waals surface area contributed by atoms with Gasteiger partial charge in [-0.25, -0.2) is 0 Å². The van der Waals surface area contributed by atoms with Gasteiger partial charge in [0.15, 0.2) is 0 Å². The Hall–Kier alpha value is -4.31. The minimum absolute atomic E-state index is 0.0381. The monoisotopic (exact) mass is 445 g/mol. The Kier molecular flexibility index (Phi) is 6.53.